The second-order valence-corrected chi connectivity index (χ2v) is 21.2. The predicted octanol–water partition coefficient (Wildman–Crippen LogP) is 16.1. The number of para-hydroxylation sites is 1. The number of hydrogen-bond acceptors (Lipinski definition) is 4. The van der Waals surface area contributed by atoms with Crippen molar-refractivity contribution in [3.8, 4) is 28.4 Å². The lowest BCUT2D eigenvalue weighted by atomic mass is 9.80. The number of pyridine rings is 1. The van der Waals surface area contributed by atoms with Gasteiger partial charge in [-0.2, -0.15) is 0 Å². The summed E-state index contributed by atoms with van der Waals surface area (Å²) in [5.74, 6) is 2.18. The van der Waals surface area contributed by atoms with E-state index in [0.717, 1.165) is 50.4 Å². The molecular formula is C58H62N4O. The van der Waals surface area contributed by atoms with Crippen molar-refractivity contribution in [2.75, 3.05) is 16.5 Å². The Morgan fingerprint density at radius 3 is 1.86 bits per heavy atom. The molecule has 0 saturated carbocycles. The average molecular weight is 836 g/mol. The standard InChI is InChI=1S/C58H62N4O/c1-55(2,3)39-24-27-50-49(33-39)48-26-25-46(36-52(48)62(50)53-34-40(28-29-59-53)56(4,5)6)63-45-21-16-20-43(35-45)60-37-61(44-31-41(57(7,8)9)30-42(32-44)58(10,11)12)54-47(22-17-23-51(54)60)38-18-14-13-15-19-38/h13-36H,37H2,1-12H3/i13D,14D,15D,18D,19D. The largest absolute Gasteiger partial charge is 0.457 e. The van der Waals surface area contributed by atoms with Crippen LogP contribution in [0.2, 0.25) is 0 Å². The van der Waals surface area contributed by atoms with Crippen LogP contribution in [0.25, 0.3) is 38.8 Å². The van der Waals surface area contributed by atoms with Gasteiger partial charge in [-0.3, -0.25) is 4.57 Å². The monoisotopic (exact) mass is 836 g/mol. The molecule has 0 N–H and O–H groups in total. The molecule has 0 saturated heterocycles. The van der Waals surface area contributed by atoms with Gasteiger partial charge in [-0.25, -0.2) is 4.98 Å². The molecule has 9 rings (SSSR count). The highest BCUT2D eigenvalue weighted by molar-refractivity contribution is 6.10. The Bertz CT molecular complexity index is 3250. The second kappa shape index (κ2) is 15.2. The van der Waals surface area contributed by atoms with Crippen LogP contribution in [0.4, 0.5) is 22.7 Å². The maximum absolute atomic E-state index is 9.07. The van der Waals surface area contributed by atoms with Crippen LogP contribution >= 0.6 is 0 Å². The van der Waals surface area contributed by atoms with E-state index in [4.69, 9.17) is 16.6 Å². The molecule has 5 nitrogen and oxygen atoms in total. The molecule has 6 aromatic carbocycles. The zero-order chi connectivity index (χ0) is 49.0. The van der Waals surface area contributed by atoms with E-state index in [2.05, 4.69) is 164 Å². The van der Waals surface area contributed by atoms with Crippen molar-refractivity contribution in [1.82, 2.24) is 9.55 Å². The number of hydrogen-bond donors (Lipinski definition) is 0. The average Bonchev–Trinajstić information content (AvgIpc) is 3.83. The Balaban J connectivity index is 1.18. The molecule has 2 aromatic heterocycles. The van der Waals surface area contributed by atoms with Gasteiger partial charge in [0.15, 0.2) is 0 Å². The molecule has 5 heteroatoms. The molecule has 0 bridgehead atoms. The molecule has 8 aromatic rings. The first-order valence-electron chi connectivity index (χ1n) is 24.6. The number of ether oxygens (including phenoxy) is 1. The van der Waals surface area contributed by atoms with Gasteiger partial charge in [0.2, 0.25) is 0 Å². The first kappa shape index (κ1) is 36.2. The fourth-order valence-corrected chi connectivity index (χ4v) is 8.61. The van der Waals surface area contributed by atoms with Gasteiger partial charge in [0, 0.05) is 46.0 Å². The second-order valence-electron chi connectivity index (χ2n) is 21.2. The minimum Gasteiger partial charge on any atom is -0.457 e. The maximum Gasteiger partial charge on any atom is 0.137 e. The van der Waals surface area contributed by atoms with Gasteiger partial charge in [0.1, 0.15) is 24.0 Å². The van der Waals surface area contributed by atoms with Gasteiger partial charge in [-0.05, 0) is 116 Å². The normalized spacial score (nSPS) is 14.7. The van der Waals surface area contributed by atoms with E-state index in [1.807, 2.05) is 48.7 Å². The summed E-state index contributed by atoms with van der Waals surface area (Å²) in [6.45, 7) is 27.1. The van der Waals surface area contributed by atoms with Crippen molar-refractivity contribution in [3.05, 3.63) is 168 Å². The van der Waals surface area contributed by atoms with Gasteiger partial charge >= 0.3 is 0 Å². The minimum absolute atomic E-state index is 0.0265. The van der Waals surface area contributed by atoms with Gasteiger partial charge in [-0.15, -0.1) is 0 Å². The van der Waals surface area contributed by atoms with Crippen molar-refractivity contribution < 1.29 is 11.6 Å². The zero-order valence-corrected chi connectivity index (χ0v) is 38.9. The van der Waals surface area contributed by atoms with E-state index < -0.39 is 6.04 Å². The summed E-state index contributed by atoms with van der Waals surface area (Å²) in [5, 5.41) is 2.27. The first-order chi connectivity index (χ1) is 31.8. The van der Waals surface area contributed by atoms with Crippen LogP contribution in [0.15, 0.2) is 146 Å². The van der Waals surface area contributed by atoms with E-state index in [1.165, 1.54) is 22.3 Å². The molecule has 0 spiro atoms. The smallest absolute Gasteiger partial charge is 0.137 e. The van der Waals surface area contributed by atoms with Crippen LogP contribution in [0.5, 0.6) is 11.5 Å². The van der Waals surface area contributed by atoms with Crippen molar-refractivity contribution in [2.24, 2.45) is 0 Å². The van der Waals surface area contributed by atoms with Gasteiger partial charge < -0.3 is 14.5 Å². The van der Waals surface area contributed by atoms with Crippen LogP contribution in [0.1, 0.15) is 112 Å². The molecule has 0 amide bonds. The van der Waals surface area contributed by atoms with Crippen LogP contribution in [0, 0.1) is 0 Å². The Hall–Kier alpha value is -6.33. The molecule has 3 heterocycles. The van der Waals surface area contributed by atoms with Gasteiger partial charge in [0.05, 0.1) is 29.3 Å². The molecule has 320 valence electrons. The summed E-state index contributed by atoms with van der Waals surface area (Å²) >= 11 is 0. The van der Waals surface area contributed by atoms with Crippen LogP contribution < -0.4 is 14.5 Å². The van der Waals surface area contributed by atoms with Crippen LogP contribution in [-0.4, -0.2) is 16.2 Å². The van der Waals surface area contributed by atoms with Gasteiger partial charge in [-0.1, -0.05) is 144 Å². The summed E-state index contributed by atoms with van der Waals surface area (Å²) in [6, 6.07) is 36.4. The summed E-state index contributed by atoms with van der Waals surface area (Å²) in [7, 11) is 0. The molecule has 0 radical (unpaired) electrons. The highest BCUT2D eigenvalue weighted by Crippen LogP contribution is 2.51. The molecule has 0 aliphatic carbocycles. The Kier molecular flexibility index (Phi) is 8.72. The Labute approximate surface area is 382 Å². The van der Waals surface area contributed by atoms with Crippen molar-refractivity contribution >= 4 is 44.6 Å². The maximum atomic E-state index is 9.07. The third-order valence-corrected chi connectivity index (χ3v) is 12.4. The zero-order valence-electron chi connectivity index (χ0n) is 43.9. The topological polar surface area (TPSA) is 33.5 Å². The van der Waals surface area contributed by atoms with Crippen molar-refractivity contribution in [3.63, 3.8) is 0 Å². The predicted molar refractivity (Wildman–Crippen MR) is 267 cm³/mol. The summed E-state index contributed by atoms with van der Waals surface area (Å²) in [4.78, 5) is 9.37. The summed E-state index contributed by atoms with van der Waals surface area (Å²) in [6.07, 6.45) is 1.90. The lowest BCUT2D eigenvalue weighted by molar-refractivity contribution is 0.483. The quantitative estimate of drug-likeness (QED) is 0.167. The highest BCUT2D eigenvalue weighted by atomic mass is 16.5. The number of nitrogens with zero attached hydrogens (tertiary/aromatic N) is 4. The lowest BCUT2D eigenvalue weighted by Crippen LogP contribution is -2.25. The van der Waals surface area contributed by atoms with Crippen molar-refractivity contribution in [2.45, 2.75) is 105 Å². The van der Waals surface area contributed by atoms with E-state index in [9.17, 15) is 0 Å². The summed E-state index contributed by atoms with van der Waals surface area (Å²) in [5.41, 5.74) is 10.7. The fourth-order valence-electron chi connectivity index (χ4n) is 8.61. The number of benzene rings is 6. The molecule has 1 aliphatic heterocycles. The van der Waals surface area contributed by atoms with E-state index in [1.54, 1.807) is 0 Å². The molecule has 0 unspecified atom stereocenters. The molecular weight excluding hydrogens is 769 g/mol. The number of rotatable bonds is 6. The molecule has 0 fully saturated rings. The van der Waals surface area contributed by atoms with Crippen LogP contribution in [-0.2, 0) is 21.7 Å². The van der Waals surface area contributed by atoms with E-state index in [-0.39, 0.29) is 51.4 Å². The van der Waals surface area contributed by atoms with E-state index >= 15 is 0 Å². The van der Waals surface area contributed by atoms with Crippen LogP contribution in [0.3, 0.4) is 0 Å². The van der Waals surface area contributed by atoms with Crippen molar-refractivity contribution in [1.29, 1.82) is 0 Å². The lowest BCUT2D eigenvalue weighted by Gasteiger charge is -2.30. The highest BCUT2D eigenvalue weighted by Gasteiger charge is 2.33. The number of anilines is 4. The third-order valence-electron chi connectivity index (χ3n) is 12.4. The molecule has 1 aliphatic rings. The minimum atomic E-state index is -0.416. The molecule has 63 heavy (non-hydrogen) atoms. The Morgan fingerprint density at radius 2 is 1.17 bits per heavy atom. The number of fused-ring (bicyclic) bond motifs is 4. The Morgan fingerprint density at radius 1 is 0.524 bits per heavy atom. The third kappa shape index (κ3) is 7.99. The fraction of sp³-hybridized carbons (Fsp3) is 0.293. The van der Waals surface area contributed by atoms with Gasteiger partial charge in [0.25, 0.3) is 0 Å². The molecule has 0 atom stereocenters. The number of aromatic nitrogens is 2. The SMILES string of the molecule is [2H]c1c([2H])c([2H])c(-c2cccc3c2N(c2cc(C(C)(C)C)cc(C(C)(C)C)c2)CN3c2cccc(Oc3ccc4c5cc(C(C)(C)C)ccc5n(-c5cc(C(C)(C)C)ccn5)c4c3)c2)c([2H])c1[2H]. The summed E-state index contributed by atoms with van der Waals surface area (Å²) < 4.78 is 52.8. The first-order valence-corrected chi connectivity index (χ1v) is 22.1. The van der Waals surface area contributed by atoms with E-state index in [0.29, 0.717) is 23.7 Å².